The number of ether oxygens (including phenoxy) is 1. The molecule has 0 radical (unpaired) electrons. The molecule has 0 spiro atoms. The Morgan fingerprint density at radius 3 is 3.24 bits per heavy atom. The van der Waals surface area contributed by atoms with Gasteiger partial charge in [-0.05, 0) is 12.5 Å². The molecule has 1 aliphatic rings. The highest BCUT2D eigenvalue weighted by molar-refractivity contribution is 6.34. The van der Waals surface area contributed by atoms with Crippen LogP contribution >= 0.6 is 11.6 Å². The Morgan fingerprint density at radius 2 is 2.53 bits per heavy atom. The maximum absolute atomic E-state index is 8.96. The summed E-state index contributed by atoms with van der Waals surface area (Å²) in [6.45, 7) is 4.23. The zero-order valence-corrected chi connectivity index (χ0v) is 10.4. The lowest BCUT2D eigenvalue weighted by Gasteiger charge is -2.36. The van der Waals surface area contributed by atoms with Crippen LogP contribution in [0.3, 0.4) is 0 Å². The largest absolute Gasteiger partial charge is 0.377 e. The van der Waals surface area contributed by atoms with Gasteiger partial charge in [0.2, 0.25) is 0 Å². The molecule has 1 aromatic heterocycles. The summed E-state index contributed by atoms with van der Waals surface area (Å²) < 4.78 is 5.44. The summed E-state index contributed by atoms with van der Waals surface area (Å²) in [5.41, 5.74) is 0.470. The predicted molar refractivity (Wildman–Crippen MR) is 66.2 cm³/mol. The van der Waals surface area contributed by atoms with Gasteiger partial charge in [0.25, 0.3) is 0 Å². The predicted octanol–water partition coefficient (Wildman–Crippen LogP) is 2.22. The number of morpholine rings is 1. The zero-order chi connectivity index (χ0) is 12.3. The number of aromatic nitrogens is 1. The number of hydrogen-bond donors (Lipinski definition) is 0. The average molecular weight is 252 g/mol. The summed E-state index contributed by atoms with van der Waals surface area (Å²) in [6, 6.07) is 3.99. The van der Waals surface area contributed by atoms with E-state index in [9.17, 15) is 0 Å². The highest BCUT2D eigenvalue weighted by Gasteiger charge is 2.25. The number of halogens is 1. The van der Waals surface area contributed by atoms with Crippen LogP contribution < -0.4 is 4.90 Å². The fourth-order valence-electron chi connectivity index (χ4n) is 1.99. The molecular formula is C12H14ClN3O. The molecule has 0 amide bonds. The maximum Gasteiger partial charge on any atom is 0.149 e. The molecule has 0 bridgehead atoms. The third kappa shape index (κ3) is 2.36. The Hall–Kier alpha value is -1.31. The minimum Gasteiger partial charge on any atom is -0.377 e. The quantitative estimate of drug-likeness (QED) is 0.809. The van der Waals surface area contributed by atoms with Gasteiger partial charge in [-0.15, -0.1) is 0 Å². The van der Waals surface area contributed by atoms with E-state index >= 15 is 0 Å². The molecule has 1 saturated heterocycles. The monoisotopic (exact) mass is 251 g/mol. The molecule has 1 aromatic rings. The SMILES string of the molecule is CCC1COCCN1c1nccc(C#N)c1Cl. The van der Waals surface area contributed by atoms with Crippen LogP contribution in [-0.4, -0.2) is 30.8 Å². The second-order valence-electron chi connectivity index (χ2n) is 3.94. The number of anilines is 1. The first-order valence-electron chi connectivity index (χ1n) is 5.67. The summed E-state index contributed by atoms with van der Waals surface area (Å²) in [4.78, 5) is 6.43. The van der Waals surface area contributed by atoms with Crippen molar-refractivity contribution >= 4 is 17.4 Å². The lowest BCUT2D eigenvalue weighted by atomic mass is 10.1. The molecule has 1 unspecified atom stereocenters. The third-order valence-corrected chi connectivity index (χ3v) is 3.33. The Bertz CT molecular complexity index is 444. The van der Waals surface area contributed by atoms with Gasteiger partial charge in [0.15, 0.2) is 0 Å². The van der Waals surface area contributed by atoms with Crippen LogP contribution in [0.15, 0.2) is 12.3 Å². The number of nitrogens with zero attached hydrogens (tertiary/aromatic N) is 3. The molecule has 2 heterocycles. The van der Waals surface area contributed by atoms with Gasteiger partial charge in [0.1, 0.15) is 16.9 Å². The van der Waals surface area contributed by atoms with E-state index in [1.54, 1.807) is 12.3 Å². The second kappa shape index (κ2) is 5.35. The van der Waals surface area contributed by atoms with E-state index in [0.29, 0.717) is 29.6 Å². The molecule has 5 heteroatoms. The van der Waals surface area contributed by atoms with Crippen LogP contribution in [0.1, 0.15) is 18.9 Å². The molecule has 4 nitrogen and oxygen atoms in total. The molecule has 90 valence electrons. The van der Waals surface area contributed by atoms with Gasteiger partial charge in [-0.25, -0.2) is 4.98 Å². The number of nitriles is 1. The van der Waals surface area contributed by atoms with Crippen molar-refractivity contribution in [3.8, 4) is 6.07 Å². The number of hydrogen-bond acceptors (Lipinski definition) is 4. The first-order chi connectivity index (χ1) is 8.27. The van der Waals surface area contributed by atoms with Crippen molar-refractivity contribution in [1.82, 2.24) is 4.98 Å². The normalized spacial score (nSPS) is 20.1. The van der Waals surface area contributed by atoms with Gasteiger partial charge in [-0.2, -0.15) is 5.26 Å². The molecule has 0 aromatic carbocycles. The van der Waals surface area contributed by atoms with E-state index in [4.69, 9.17) is 21.6 Å². The minimum atomic E-state index is 0.280. The van der Waals surface area contributed by atoms with Gasteiger partial charge in [0.05, 0.1) is 24.8 Å². The molecule has 0 saturated carbocycles. The minimum absolute atomic E-state index is 0.280. The molecular weight excluding hydrogens is 238 g/mol. The molecule has 17 heavy (non-hydrogen) atoms. The van der Waals surface area contributed by atoms with E-state index in [-0.39, 0.29) is 6.04 Å². The van der Waals surface area contributed by atoms with Crippen molar-refractivity contribution in [2.24, 2.45) is 0 Å². The van der Waals surface area contributed by atoms with Gasteiger partial charge in [0, 0.05) is 12.7 Å². The molecule has 1 atom stereocenters. The summed E-state index contributed by atoms with van der Waals surface area (Å²) in [6.07, 6.45) is 2.59. The van der Waals surface area contributed by atoms with Crippen molar-refractivity contribution < 1.29 is 4.74 Å². The van der Waals surface area contributed by atoms with E-state index in [1.165, 1.54) is 0 Å². The van der Waals surface area contributed by atoms with Crippen LogP contribution in [0.5, 0.6) is 0 Å². The van der Waals surface area contributed by atoms with E-state index < -0.39 is 0 Å². The van der Waals surface area contributed by atoms with Crippen molar-refractivity contribution in [1.29, 1.82) is 5.26 Å². The molecule has 0 N–H and O–H groups in total. The average Bonchev–Trinajstić information content (AvgIpc) is 2.39. The Labute approximate surface area is 106 Å². The van der Waals surface area contributed by atoms with Gasteiger partial charge < -0.3 is 9.64 Å². The fourth-order valence-corrected chi connectivity index (χ4v) is 2.25. The number of pyridine rings is 1. The first kappa shape index (κ1) is 12.2. The molecule has 1 fully saturated rings. The third-order valence-electron chi connectivity index (χ3n) is 2.96. The van der Waals surface area contributed by atoms with Crippen molar-refractivity contribution in [3.05, 3.63) is 22.8 Å². The smallest absolute Gasteiger partial charge is 0.149 e. The van der Waals surface area contributed by atoms with Crippen molar-refractivity contribution in [3.63, 3.8) is 0 Å². The van der Waals surface area contributed by atoms with Crippen LogP contribution in [0, 0.1) is 11.3 Å². The van der Waals surface area contributed by atoms with E-state index in [0.717, 1.165) is 13.0 Å². The van der Waals surface area contributed by atoms with E-state index in [1.807, 2.05) is 0 Å². The maximum atomic E-state index is 8.96. The lowest BCUT2D eigenvalue weighted by molar-refractivity contribution is 0.0926. The van der Waals surface area contributed by atoms with Crippen LogP contribution in [0.2, 0.25) is 5.02 Å². The summed E-state index contributed by atoms with van der Waals surface area (Å²) in [5, 5.41) is 9.40. The zero-order valence-electron chi connectivity index (χ0n) is 9.69. The van der Waals surface area contributed by atoms with Crippen molar-refractivity contribution in [2.45, 2.75) is 19.4 Å². The standard InChI is InChI=1S/C12H14ClN3O/c1-2-10-8-17-6-5-16(10)12-11(13)9(7-14)3-4-15-12/h3-4,10H,2,5-6,8H2,1H3. The summed E-state index contributed by atoms with van der Waals surface area (Å²) in [5.74, 6) is 0.695. The topological polar surface area (TPSA) is 49.1 Å². The molecule has 1 aliphatic heterocycles. The van der Waals surface area contributed by atoms with Crippen LogP contribution in [-0.2, 0) is 4.74 Å². The Kier molecular flexibility index (Phi) is 3.82. The summed E-state index contributed by atoms with van der Waals surface area (Å²) in [7, 11) is 0. The number of rotatable bonds is 2. The van der Waals surface area contributed by atoms with E-state index in [2.05, 4.69) is 22.9 Å². The van der Waals surface area contributed by atoms with Crippen molar-refractivity contribution in [2.75, 3.05) is 24.7 Å². The van der Waals surface area contributed by atoms with Crippen LogP contribution in [0.25, 0.3) is 0 Å². The Balaban J connectivity index is 2.35. The Morgan fingerprint density at radius 1 is 1.71 bits per heavy atom. The van der Waals surface area contributed by atoms with Gasteiger partial charge in [-0.1, -0.05) is 18.5 Å². The first-order valence-corrected chi connectivity index (χ1v) is 6.04. The highest BCUT2D eigenvalue weighted by atomic mass is 35.5. The second-order valence-corrected chi connectivity index (χ2v) is 4.32. The summed E-state index contributed by atoms with van der Waals surface area (Å²) >= 11 is 6.20. The van der Waals surface area contributed by atoms with Gasteiger partial charge >= 0.3 is 0 Å². The fraction of sp³-hybridized carbons (Fsp3) is 0.500. The highest BCUT2D eigenvalue weighted by Crippen LogP contribution is 2.29. The van der Waals surface area contributed by atoms with Crippen LogP contribution in [0.4, 0.5) is 5.82 Å². The molecule has 0 aliphatic carbocycles. The van der Waals surface area contributed by atoms with Gasteiger partial charge in [-0.3, -0.25) is 0 Å². The lowest BCUT2D eigenvalue weighted by Crippen LogP contribution is -2.45. The molecule has 2 rings (SSSR count).